The van der Waals surface area contributed by atoms with Crippen LogP contribution in [0.4, 0.5) is 0 Å². The SMILES string of the molecule is CC(=O)c1ccccc1Cc1ccccc1C(=O)[O-].[H-].[K+].[K+]. The van der Waals surface area contributed by atoms with Crippen molar-refractivity contribution in [3.63, 3.8) is 0 Å². The molecule has 0 saturated carbocycles. The van der Waals surface area contributed by atoms with Crippen LogP contribution in [0.2, 0.25) is 0 Å². The van der Waals surface area contributed by atoms with Gasteiger partial charge in [-0.1, -0.05) is 48.5 Å². The summed E-state index contributed by atoms with van der Waals surface area (Å²) in [7, 11) is 0. The summed E-state index contributed by atoms with van der Waals surface area (Å²) in [5.41, 5.74) is 2.26. The van der Waals surface area contributed by atoms with Crippen LogP contribution in [0, 0.1) is 0 Å². The number of aromatic carboxylic acids is 1. The molecule has 98 valence electrons. The Bertz CT molecular complexity index is 589. The molecule has 0 aliphatic rings. The topological polar surface area (TPSA) is 57.2 Å². The fourth-order valence-corrected chi connectivity index (χ4v) is 2.10. The van der Waals surface area contributed by atoms with Crippen LogP contribution in [-0.4, -0.2) is 11.8 Å². The number of carbonyl (C=O) groups is 2. The number of carbonyl (C=O) groups excluding carboxylic acids is 2. The average Bonchev–Trinajstić information content (AvgIpc) is 2.39. The van der Waals surface area contributed by atoms with Crippen molar-refractivity contribution in [2.24, 2.45) is 0 Å². The molecule has 0 amide bonds. The van der Waals surface area contributed by atoms with E-state index in [-0.39, 0.29) is 116 Å². The number of carboxylic acid groups (broad SMARTS) is 1. The van der Waals surface area contributed by atoms with Crippen molar-refractivity contribution in [1.29, 1.82) is 0 Å². The van der Waals surface area contributed by atoms with Crippen LogP contribution in [0.3, 0.4) is 0 Å². The average molecular weight is 332 g/mol. The Morgan fingerprint density at radius 1 is 0.905 bits per heavy atom. The largest absolute Gasteiger partial charge is 1.00 e. The molecule has 0 atom stereocenters. The number of benzene rings is 2. The van der Waals surface area contributed by atoms with Gasteiger partial charge in [0.25, 0.3) is 0 Å². The Kier molecular flexibility index (Phi) is 11.0. The maximum Gasteiger partial charge on any atom is 1.00 e. The molecule has 2 aromatic carbocycles. The van der Waals surface area contributed by atoms with Gasteiger partial charge < -0.3 is 11.3 Å². The summed E-state index contributed by atoms with van der Waals surface area (Å²) in [5.74, 6) is -1.22. The molecule has 0 aromatic heterocycles. The Hall–Kier alpha value is 0.853. The van der Waals surface area contributed by atoms with Gasteiger partial charge in [-0.3, -0.25) is 4.79 Å². The monoisotopic (exact) mass is 332 g/mol. The number of Topliss-reactive ketones (excluding diaryl/α,β-unsaturated/α-hetero) is 1. The van der Waals surface area contributed by atoms with Crippen molar-refractivity contribution in [2.45, 2.75) is 13.3 Å². The predicted molar refractivity (Wildman–Crippen MR) is 71.1 cm³/mol. The second kappa shape index (κ2) is 10.6. The Balaban J connectivity index is 0. The maximum atomic E-state index is 11.5. The normalized spacial score (nSPS) is 9.19. The first-order chi connectivity index (χ1) is 9.09. The van der Waals surface area contributed by atoms with Gasteiger partial charge in [-0.2, -0.15) is 0 Å². The molecule has 5 heteroatoms. The quantitative estimate of drug-likeness (QED) is 0.423. The molecule has 21 heavy (non-hydrogen) atoms. The van der Waals surface area contributed by atoms with E-state index < -0.39 is 5.97 Å². The third-order valence-corrected chi connectivity index (χ3v) is 3.01. The minimum absolute atomic E-state index is 0. The van der Waals surface area contributed by atoms with E-state index >= 15 is 0 Å². The van der Waals surface area contributed by atoms with Crippen molar-refractivity contribution in [2.75, 3.05) is 0 Å². The number of ketones is 1. The Morgan fingerprint density at radius 2 is 1.33 bits per heavy atom. The molecule has 0 spiro atoms. The van der Waals surface area contributed by atoms with Crippen molar-refractivity contribution < 1.29 is 119 Å². The van der Waals surface area contributed by atoms with Crippen LogP contribution < -0.4 is 108 Å². The third kappa shape index (κ3) is 6.10. The Labute approximate surface area is 210 Å². The molecule has 0 fully saturated rings. The molecule has 0 unspecified atom stereocenters. The molecule has 0 heterocycles. The first-order valence-corrected chi connectivity index (χ1v) is 5.97. The second-order valence-corrected chi connectivity index (χ2v) is 4.33. The van der Waals surface area contributed by atoms with Crippen LogP contribution in [-0.2, 0) is 6.42 Å². The fourth-order valence-electron chi connectivity index (χ4n) is 2.10. The van der Waals surface area contributed by atoms with Crippen molar-refractivity contribution in [3.05, 3.63) is 70.8 Å². The summed E-state index contributed by atoms with van der Waals surface area (Å²) in [5, 5.41) is 11.1. The minimum Gasteiger partial charge on any atom is -1.00 e. The van der Waals surface area contributed by atoms with Gasteiger partial charge >= 0.3 is 103 Å². The number of hydrogen-bond acceptors (Lipinski definition) is 3. The van der Waals surface area contributed by atoms with Gasteiger partial charge in [-0.15, -0.1) is 0 Å². The third-order valence-electron chi connectivity index (χ3n) is 3.01. The molecule has 0 aliphatic heterocycles. The van der Waals surface area contributed by atoms with E-state index in [0.29, 0.717) is 17.5 Å². The Morgan fingerprint density at radius 3 is 1.81 bits per heavy atom. The van der Waals surface area contributed by atoms with Gasteiger partial charge in [-0.05, 0) is 24.5 Å². The smallest absolute Gasteiger partial charge is 1.00 e. The van der Waals surface area contributed by atoms with Crippen LogP contribution in [0.1, 0.15) is 40.2 Å². The van der Waals surface area contributed by atoms with Gasteiger partial charge in [0.1, 0.15) is 0 Å². The molecule has 0 saturated heterocycles. The summed E-state index contributed by atoms with van der Waals surface area (Å²) < 4.78 is 0. The summed E-state index contributed by atoms with van der Waals surface area (Å²) in [6.07, 6.45) is 0.403. The van der Waals surface area contributed by atoms with Crippen molar-refractivity contribution in [1.82, 2.24) is 0 Å². The predicted octanol–water partition coefficient (Wildman–Crippen LogP) is -4.04. The van der Waals surface area contributed by atoms with Crippen LogP contribution >= 0.6 is 0 Å². The molecule has 3 nitrogen and oxygen atoms in total. The van der Waals surface area contributed by atoms with Gasteiger partial charge in [0.05, 0.1) is 5.97 Å². The van der Waals surface area contributed by atoms with Gasteiger partial charge in [0.2, 0.25) is 0 Å². The van der Waals surface area contributed by atoms with Gasteiger partial charge in [0, 0.05) is 11.1 Å². The zero-order valence-corrected chi connectivity index (χ0v) is 18.8. The zero-order valence-electron chi connectivity index (χ0n) is 13.6. The summed E-state index contributed by atoms with van der Waals surface area (Å²) in [4.78, 5) is 22.6. The standard InChI is InChI=1S/C16H14O3.2K.H/c1-11(17)14-8-4-2-6-12(14)10-13-7-3-5-9-15(13)16(18)19;;;/h2-9H,10H2,1H3,(H,18,19);;;/q;2*+1;-1/p-1. The van der Waals surface area contributed by atoms with Crippen LogP contribution in [0.15, 0.2) is 48.5 Å². The van der Waals surface area contributed by atoms with Crippen LogP contribution in [0.5, 0.6) is 0 Å². The number of rotatable bonds is 4. The van der Waals surface area contributed by atoms with E-state index in [1.807, 2.05) is 12.1 Å². The summed E-state index contributed by atoms with van der Waals surface area (Å²) in [6.45, 7) is 1.50. The minimum atomic E-state index is -1.20. The van der Waals surface area contributed by atoms with Crippen molar-refractivity contribution >= 4 is 11.8 Å². The van der Waals surface area contributed by atoms with Gasteiger partial charge in [-0.25, -0.2) is 0 Å². The number of carboxylic acids is 1. The van der Waals surface area contributed by atoms with E-state index in [1.165, 1.54) is 13.0 Å². The fraction of sp³-hybridized carbons (Fsp3) is 0.125. The van der Waals surface area contributed by atoms with Crippen LogP contribution in [0.25, 0.3) is 0 Å². The molecule has 0 N–H and O–H groups in total. The van der Waals surface area contributed by atoms with E-state index in [0.717, 1.165) is 5.56 Å². The van der Waals surface area contributed by atoms with E-state index in [1.54, 1.807) is 30.3 Å². The summed E-state index contributed by atoms with van der Waals surface area (Å²) in [6, 6.07) is 13.9. The van der Waals surface area contributed by atoms with E-state index in [4.69, 9.17) is 0 Å². The molecular weight excluding hydrogens is 318 g/mol. The molecular formula is C16H14K2O3. The first-order valence-electron chi connectivity index (χ1n) is 5.97. The first kappa shape index (κ1) is 21.9. The van der Waals surface area contributed by atoms with E-state index in [9.17, 15) is 14.7 Å². The zero-order chi connectivity index (χ0) is 13.8. The molecule has 0 aliphatic carbocycles. The molecule has 2 rings (SSSR count). The number of hydrogen-bond donors (Lipinski definition) is 0. The van der Waals surface area contributed by atoms with Crippen molar-refractivity contribution in [3.8, 4) is 0 Å². The summed E-state index contributed by atoms with van der Waals surface area (Å²) >= 11 is 0. The maximum absolute atomic E-state index is 11.5. The van der Waals surface area contributed by atoms with E-state index in [2.05, 4.69) is 0 Å². The molecule has 0 bridgehead atoms. The van der Waals surface area contributed by atoms with Gasteiger partial charge in [0.15, 0.2) is 5.78 Å². The molecule has 0 radical (unpaired) electrons. The second-order valence-electron chi connectivity index (χ2n) is 4.33. The molecule has 2 aromatic rings.